The summed E-state index contributed by atoms with van der Waals surface area (Å²) in [5.41, 5.74) is 5.27. The summed E-state index contributed by atoms with van der Waals surface area (Å²) in [5.74, 6) is -0.0533. The van der Waals surface area contributed by atoms with Gasteiger partial charge in [0.25, 0.3) is 0 Å². The fraction of sp³-hybridized carbons (Fsp3) is 0.480. The van der Waals surface area contributed by atoms with Crippen molar-refractivity contribution in [2.45, 2.75) is 129 Å². The van der Waals surface area contributed by atoms with Crippen molar-refractivity contribution in [1.82, 2.24) is 8.75 Å². The summed E-state index contributed by atoms with van der Waals surface area (Å²) in [4.78, 5) is 0. The first-order chi connectivity index (χ1) is 28.6. The van der Waals surface area contributed by atoms with Gasteiger partial charge >= 0.3 is 12.2 Å². The normalized spacial score (nSPS) is 20.4. The third-order valence-corrected chi connectivity index (χ3v) is 13.8. The average Bonchev–Trinajstić information content (AvgIpc) is 3.74. The van der Waals surface area contributed by atoms with E-state index in [9.17, 15) is 0 Å². The van der Waals surface area contributed by atoms with Crippen molar-refractivity contribution in [3.05, 3.63) is 84.9 Å². The Bertz CT molecular complexity index is 2180. The summed E-state index contributed by atoms with van der Waals surface area (Å²) in [6.45, 7) is 4.38. The molecule has 0 bridgehead atoms. The minimum absolute atomic E-state index is 0.179. The lowest BCUT2D eigenvalue weighted by Gasteiger charge is -2.33. The van der Waals surface area contributed by atoms with E-state index < -0.39 is 24.1 Å². The molecule has 0 N–H and O–H groups in total. The molecule has 2 aliphatic carbocycles. The fourth-order valence-electron chi connectivity index (χ4n) is 9.66. The molecule has 0 saturated heterocycles. The molecule has 0 unspecified atom stereocenters. The van der Waals surface area contributed by atoms with E-state index in [1.165, 1.54) is 38.5 Å². The Kier molecular flexibility index (Phi) is 12.8. The highest BCUT2D eigenvalue weighted by Gasteiger charge is 2.45. The number of ether oxygens (including phenoxy) is 2. The maximum atomic E-state index is 15.4. The van der Waals surface area contributed by atoms with Gasteiger partial charge in [0.15, 0.2) is 0 Å². The van der Waals surface area contributed by atoms with Crippen molar-refractivity contribution < 1.29 is 27.0 Å². The first-order valence-electron chi connectivity index (χ1n) is 22.1. The van der Waals surface area contributed by atoms with Gasteiger partial charge in [0.2, 0.25) is 0 Å². The highest BCUT2D eigenvalue weighted by Crippen LogP contribution is 2.44. The quantitative estimate of drug-likeness (QED) is 0.0720. The van der Waals surface area contributed by atoms with Crippen LogP contribution in [0.4, 0.5) is 17.6 Å². The fourth-order valence-corrected chi connectivity index (χ4v) is 10.2. The molecular weight excluding hydrogens is 769 g/mol. The number of hydrogen-bond acceptors (Lipinski definition) is 5. The highest BCUT2D eigenvalue weighted by molar-refractivity contribution is 7.00. The smallest absolute Gasteiger partial charge is 0.400 e. The molecule has 2 aliphatic rings. The van der Waals surface area contributed by atoms with Crippen LogP contribution in [0.2, 0.25) is 0 Å². The second kappa shape index (κ2) is 18.2. The van der Waals surface area contributed by atoms with Crippen LogP contribution in [-0.4, -0.2) is 21.0 Å². The van der Waals surface area contributed by atoms with Gasteiger partial charge < -0.3 is 9.47 Å². The lowest BCUT2D eigenvalue weighted by Crippen LogP contribution is -2.37. The van der Waals surface area contributed by atoms with E-state index in [1.54, 1.807) is 24.3 Å². The standard InChI is InChI=1S/C50H56F4N2O2S/c1-3-5-7-9-33-11-21-41(22-12-33)49(51,52)57-43-25-19-35-29-39(17-15-37(35)31-43)45-27-28-46(48-47(45)55-59-56-48)40-18-16-38-32-44(26-20-36(38)30-40)58-50(53,54)42-23-13-34(14-24-42)10-8-6-4-2/h15-20,25-34,41-42H,3-14,21-24H2,1-2H3. The monoisotopic (exact) mass is 824 g/mol. The van der Waals surface area contributed by atoms with E-state index in [2.05, 4.69) is 22.6 Å². The topological polar surface area (TPSA) is 44.2 Å². The highest BCUT2D eigenvalue weighted by atomic mass is 32.1. The Hall–Kier alpha value is -4.24. The van der Waals surface area contributed by atoms with Crippen molar-refractivity contribution in [1.29, 1.82) is 0 Å². The van der Waals surface area contributed by atoms with Gasteiger partial charge in [0, 0.05) is 11.1 Å². The van der Waals surface area contributed by atoms with Crippen LogP contribution >= 0.6 is 11.7 Å². The molecule has 4 nitrogen and oxygen atoms in total. The van der Waals surface area contributed by atoms with Crippen molar-refractivity contribution >= 4 is 44.3 Å². The molecule has 1 aromatic heterocycles. The Morgan fingerprint density at radius 1 is 0.508 bits per heavy atom. The zero-order valence-corrected chi connectivity index (χ0v) is 35.2. The Morgan fingerprint density at radius 3 is 1.31 bits per heavy atom. The maximum absolute atomic E-state index is 15.4. The molecule has 0 radical (unpaired) electrons. The van der Waals surface area contributed by atoms with E-state index >= 15 is 17.6 Å². The lowest BCUT2D eigenvalue weighted by molar-refractivity contribution is -0.224. The molecule has 0 atom stereocenters. The summed E-state index contributed by atoms with van der Waals surface area (Å²) in [6.07, 6.45) is 8.42. The summed E-state index contributed by atoms with van der Waals surface area (Å²) in [7, 11) is 0. The lowest BCUT2D eigenvalue weighted by atomic mass is 9.79. The summed E-state index contributed by atoms with van der Waals surface area (Å²) in [6, 6.07) is 26.4. The Labute approximate surface area is 350 Å². The van der Waals surface area contributed by atoms with Crippen molar-refractivity contribution in [3.8, 4) is 33.8 Å². The van der Waals surface area contributed by atoms with Crippen molar-refractivity contribution in [2.75, 3.05) is 0 Å². The van der Waals surface area contributed by atoms with Gasteiger partial charge in [-0.2, -0.15) is 26.3 Å². The van der Waals surface area contributed by atoms with Gasteiger partial charge in [0.05, 0.1) is 23.6 Å². The number of fused-ring (bicyclic) bond motifs is 3. The molecule has 6 aromatic rings. The van der Waals surface area contributed by atoms with Crippen LogP contribution in [0.25, 0.3) is 54.8 Å². The molecule has 2 fully saturated rings. The molecular formula is C50H56F4N2O2S. The molecule has 0 amide bonds. The predicted molar refractivity (Wildman–Crippen MR) is 234 cm³/mol. The number of unbranched alkanes of at least 4 members (excludes halogenated alkanes) is 4. The second-order valence-corrected chi connectivity index (χ2v) is 17.9. The van der Waals surface area contributed by atoms with Crippen molar-refractivity contribution in [3.63, 3.8) is 0 Å². The predicted octanol–water partition coefficient (Wildman–Crippen LogP) is 16.0. The van der Waals surface area contributed by atoms with Crippen molar-refractivity contribution in [2.24, 2.45) is 23.7 Å². The minimum Gasteiger partial charge on any atom is -0.432 e. The summed E-state index contributed by atoms with van der Waals surface area (Å²) >= 11 is 1.15. The van der Waals surface area contributed by atoms with Gasteiger partial charge in [-0.15, -0.1) is 0 Å². The van der Waals surface area contributed by atoms with Gasteiger partial charge in [0.1, 0.15) is 22.5 Å². The van der Waals surface area contributed by atoms with E-state index in [1.807, 2.05) is 60.7 Å². The Balaban J connectivity index is 0.937. The van der Waals surface area contributed by atoms with E-state index in [-0.39, 0.29) is 11.5 Å². The first kappa shape index (κ1) is 41.5. The van der Waals surface area contributed by atoms with Gasteiger partial charge in [-0.3, -0.25) is 0 Å². The molecule has 0 aliphatic heterocycles. The SMILES string of the molecule is CCCCCC1CCC(C(F)(F)Oc2ccc3cc(-c4ccc(-c5ccc6cc(OC(F)(F)C7CCC(CCCCC)CC7)ccc6c5)c5nsnc45)ccc3c2)CC1. The number of alkyl halides is 4. The zero-order chi connectivity index (χ0) is 41.0. The van der Waals surface area contributed by atoms with E-state index in [0.717, 1.165) is 105 Å². The van der Waals surface area contributed by atoms with Crippen LogP contribution in [0, 0.1) is 23.7 Å². The number of aromatic nitrogens is 2. The number of rotatable bonds is 16. The molecule has 5 aromatic carbocycles. The number of halogens is 4. The van der Waals surface area contributed by atoms with Crippen LogP contribution in [0.3, 0.4) is 0 Å². The summed E-state index contributed by atoms with van der Waals surface area (Å²) < 4.78 is 81.7. The van der Waals surface area contributed by atoms with Gasteiger partial charge in [-0.1, -0.05) is 114 Å². The molecule has 1 heterocycles. The van der Waals surface area contributed by atoms with Gasteiger partial charge in [-0.05, 0) is 132 Å². The maximum Gasteiger partial charge on any atom is 0.400 e. The molecule has 312 valence electrons. The third-order valence-electron chi connectivity index (χ3n) is 13.2. The minimum atomic E-state index is -3.21. The average molecular weight is 825 g/mol. The molecule has 0 spiro atoms. The van der Waals surface area contributed by atoms with E-state index in [0.29, 0.717) is 37.5 Å². The molecule has 59 heavy (non-hydrogen) atoms. The second-order valence-electron chi connectivity index (χ2n) is 17.3. The zero-order valence-electron chi connectivity index (χ0n) is 34.3. The molecule has 2 saturated carbocycles. The first-order valence-corrected chi connectivity index (χ1v) is 22.8. The van der Waals surface area contributed by atoms with Crippen LogP contribution in [0.1, 0.15) is 117 Å². The number of nitrogens with zero attached hydrogens (tertiary/aromatic N) is 2. The molecule has 8 rings (SSSR count). The largest absolute Gasteiger partial charge is 0.432 e. The third kappa shape index (κ3) is 9.56. The van der Waals surface area contributed by atoms with Crippen LogP contribution in [0.15, 0.2) is 84.9 Å². The van der Waals surface area contributed by atoms with Crippen LogP contribution < -0.4 is 9.47 Å². The molecule has 9 heteroatoms. The summed E-state index contributed by atoms with van der Waals surface area (Å²) in [5, 5.41) is 3.46. The van der Waals surface area contributed by atoms with Crippen LogP contribution in [-0.2, 0) is 0 Å². The Morgan fingerprint density at radius 2 is 0.898 bits per heavy atom. The van der Waals surface area contributed by atoms with E-state index in [4.69, 9.17) is 9.47 Å². The number of benzene rings is 5. The van der Waals surface area contributed by atoms with Gasteiger partial charge in [-0.25, -0.2) is 0 Å². The van der Waals surface area contributed by atoms with Crippen LogP contribution in [0.5, 0.6) is 11.5 Å². The number of hydrogen-bond donors (Lipinski definition) is 0.